The van der Waals surface area contributed by atoms with Gasteiger partial charge in [0.2, 0.25) is 5.91 Å². The number of hydrogen-bond acceptors (Lipinski definition) is 5. The summed E-state index contributed by atoms with van der Waals surface area (Å²) in [7, 11) is 0. The number of ketones is 1. The molecule has 0 aliphatic heterocycles. The van der Waals surface area contributed by atoms with Gasteiger partial charge >= 0.3 is 0 Å². The molecule has 0 bridgehead atoms. The van der Waals surface area contributed by atoms with E-state index in [1.165, 1.54) is 30.0 Å². The fraction of sp³-hybridized carbons (Fsp3) is 0.0952. The second-order valence-corrected chi connectivity index (χ2v) is 7.93. The molecule has 0 spiro atoms. The van der Waals surface area contributed by atoms with Crippen LogP contribution in [0, 0.1) is 0 Å². The summed E-state index contributed by atoms with van der Waals surface area (Å²) >= 11 is 2.76. The maximum atomic E-state index is 12.2. The van der Waals surface area contributed by atoms with E-state index in [2.05, 4.69) is 10.6 Å². The minimum absolute atomic E-state index is 0.0144. The zero-order valence-electron chi connectivity index (χ0n) is 15.1. The first kappa shape index (κ1) is 19.9. The first-order valence-electron chi connectivity index (χ1n) is 8.50. The van der Waals surface area contributed by atoms with Crippen molar-refractivity contribution in [2.75, 3.05) is 16.4 Å². The van der Waals surface area contributed by atoms with Crippen LogP contribution in [0.25, 0.3) is 0 Å². The molecule has 1 heterocycles. The highest BCUT2D eigenvalue weighted by Gasteiger charge is 2.08. The lowest BCUT2D eigenvalue weighted by Crippen LogP contribution is -2.14. The smallest absolute Gasteiger partial charge is 0.265 e. The Morgan fingerprint density at radius 3 is 2.39 bits per heavy atom. The van der Waals surface area contributed by atoms with Gasteiger partial charge in [0.05, 0.1) is 10.6 Å². The summed E-state index contributed by atoms with van der Waals surface area (Å²) in [5, 5.41) is 7.52. The van der Waals surface area contributed by atoms with Gasteiger partial charge in [-0.25, -0.2) is 0 Å². The summed E-state index contributed by atoms with van der Waals surface area (Å²) in [5.41, 5.74) is 1.94. The van der Waals surface area contributed by atoms with Gasteiger partial charge in [-0.05, 0) is 60.8 Å². The first-order valence-corrected chi connectivity index (χ1v) is 10.4. The van der Waals surface area contributed by atoms with Crippen LogP contribution in [0.15, 0.2) is 70.9 Å². The Bertz CT molecular complexity index is 983. The van der Waals surface area contributed by atoms with E-state index in [-0.39, 0.29) is 23.4 Å². The van der Waals surface area contributed by atoms with Crippen LogP contribution >= 0.6 is 23.1 Å². The molecule has 2 N–H and O–H groups in total. The molecular formula is C21H18N2O3S2. The Labute approximate surface area is 171 Å². The van der Waals surface area contributed by atoms with Gasteiger partial charge in [-0.3, -0.25) is 14.4 Å². The van der Waals surface area contributed by atoms with Gasteiger partial charge in [0.15, 0.2) is 5.78 Å². The predicted octanol–water partition coefficient (Wildman–Crippen LogP) is 4.93. The van der Waals surface area contributed by atoms with Gasteiger partial charge in [-0.1, -0.05) is 12.1 Å². The lowest BCUT2D eigenvalue weighted by Gasteiger charge is -2.08. The van der Waals surface area contributed by atoms with Crippen LogP contribution in [-0.2, 0) is 4.79 Å². The Hall–Kier alpha value is -2.90. The molecule has 3 rings (SSSR count). The molecule has 0 unspecified atom stereocenters. The van der Waals surface area contributed by atoms with Gasteiger partial charge in [0.1, 0.15) is 0 Å². The molecule has 0 aliphatic carbocycles. The molecule has 5 nitrogen and oxygen atoms in total. The molecule has 0 atom stereocenters. The van der Waals surface area contributed by atoms with Gasteiger partial charge < -0.3 is 10.6 Å². The maximum absolute atomic E-state index is 12.2. The fourth-order valence-corrected chi connectivity index (χ4v) is 3.77. The highest BCUT2D eigenvalue weighted by Crippen LogP contribution is 2.23. The van der Waals surface area contributed by atoms with Gasteiger partial charge in [0, 0.05) is 21.8 Å². The van der Waals surface area contributed by atoms with Gasteiger partial charge in [-0.15, -0.1) is 23.1 Å². The maximum Gasteiger partial charge on any atom is 0.265 e. The summed E-state index contributed by atoms with van der Waals surface area (Å²) in [5.74, 6) is -0.0754. The number of nitrogens with one attached hydrogen (secondary N) is 2. The number of anilines is 2. The van der Waals surface area contributed by atoms with E-state index in [9.17, 15) is 14.4 Å². The minimum Gasteiger partial charge on any atom is -0.325 e. The summed E-state index contributed by atoms with van der Waals surface area (Å²) in [6.45, 7) is 1.50. The van der Waals surface area contributed by atoms with Crippen molar-refractivity contribution < 1.29 is 14.4 Å². The first-order chi connectivity index (χ1) is 13.5. The number of carbonyl (C=O) groups excluding carboxylic acids is 3. The molecular weight excluding hydrogens is 392 g/mol. The number of thioether (sulfide) groups is 1. The molecule has 7 heteroatoms. The molecule has 2 aromatic carbocycles. The van der Waals surface area contributed by atoms with Gasteiger partial charge in [0.25, 0.3) is 5.91 Å². The number of Topliss-reactive ketones (excluding diaryl/α,β-unsaturated/α-hetero) is 1. The van der Waals surface area contributed by atoms with Crippen molar-refractivity contribution in [3.63, 3.8) is 0 Å². The van der Waals surface area contributed by atoms with E-state index in [0.29, 0.717) is 21.8 Å². The largest absolute Gasteiger partial charge is 0.325 e. The van der Waals surface area contributed by atoms with Crippen molar-refractivity contribution in [3.8, 4) is 0 Å². The number of carbonyl (C=O) groups is 3. The summed E-state index contributed by atoms with van der Waals surface area (Å²) in [6, 6.07) is 17.8. The van der Waals surface area contributed by atoms with E-state index in [1.54, 1.807) is 30.3 Å². The normalized spacial score (nSPS) is 10.3. The molecule has 2 amide bonds. The fourth-order valence-electron chi connectivity index (χ4n) is 2.40. The topological polar surface area (TPSA) is 75.3 Å². The number of amides is 2. The molecule has 0 fully saturated rings. The van der Waals surface area contributed by atoms with Crippen LogP contribution in [0.4, 0.5) is 11.4 Å². The van der Waals surface area contributed by atoms with E-state index >= 15 is 0 Å². The van der Waals surface area contributed by atoms with Crippen molar-refractivity contribution in [3.05, 3.63) is 76.5 Å². The van der Waals surface area contributed by atoms with Crippen LogP contribution < -0.4 is 10.6 Å². The second-order valence-electron chi connectivity index (χ2n) is 5.93. The second kappa shape index (κ2) is 9.34. The minimum atomic E-state index is -0.149. The number of rotatable bonds is 7. The monoisotopic (exact) mass is 410 g/mol. The van der Waals surface area contributed by atoms with Crippen LogP contribution in [0.3, 0.4) is 0 Å². The average Bonchev–Trinajstić information content (AvgIpc) is 3.22. The molecule has 28 heavy (non-hydrogen) atoms. The van der Waals surface area contributed by atoms with E-state index in [4.69, 9.17) is 0 Å². The SMILES string of the molecule is CC(=O)c1ccc(NC(=O)CSc2cccc(NC(=O)c3cccs3)c2)cc1. The quantitative estimate of drug-likeness (QED) is 0.428. The molecule has 142 valence electrons. The standard InChI is InChI=1S/C21H18N2O3S2/c1-14(24)15-7-9-16(10-8-15)22-20(25)13-28-18-5-2-4-17(12-18)23-21(26)19-6-3-11-27-19/h2-12H,13H2,1H3,(H,22,25)(H,23,26). The van der Waals surface area contributed by atoms with Crippen LogP contribution in [-0.4, -0.2) is 23.4 Å². The van der Waals surface area contributed by atoms with E-state index in [1.807, 2.05) is 35.7 Å². The Morgan fingerprint density at radius 1 is 0.929 bits per heavy atom. The van der Waals surface area contributed by atoms with E-state index in [0.717, 1.165) is 4.90 Å². The number of thiophene rings is 1. The van der Waals surface area contributed by atoms with Crippen molar-refractivity contribution >= 4 is 52.1 Å². The van der Waals surface area contributed by atoms with Crippen LogP contribution in [0.5, 0.6) is 0 Å². The third-order valence-corrected chi connectivity index (χ3v) is 5.64. The Balaban J connectivity index is 1.53. The third kappa shape index (κ3) is 5.55. The van der Waals surface area contributed by atoms with Crippen molar-refractivity contribution in [2.24, 2.45) is 0 Å². The number of hydrogen-bond donors (Lipinski definition) is 2. The molecule has 3 aromatic rings. The average molecular weight is 411 g/mol. The molecule has 0 radical (unpaired) electrons. The highest BCUT2D eigenvalue weighted by molar-refractivity contribution is 8.00. The Kier molecular flexibility index (Phi) is 6.62. The summed E-state index contributed by atoms with van der Waals surface area (Å²) < 4.78 is 0. The summed E-state index contributed by atoms with van der Waals surface area (Å²) in [6.07, 6.45) is 0. The van der Waals surface area contributed by atoms with Crippen molar-refractivity contribution in [2.45, 2.75) is 11.8 Å². The Morgan fingerprint density at radius 2 is 1.71 bits per heavy atom. The zero-order valence-corrected chi connectivity index (χ0v) is 16.7. The molecule has 0 saturated carbocycles. The lowest BCUT2D eigenvalue weighted by atomic mass is 10.1. The molecule has 1 aromatic heterocycles. The van der Waals surface area contributed by atoms with Crippen molar-refractivity contribution in [1.82, 2.24) is 0 Å². The van der Waals surface area contributed by atoms with Crippen LogP contribution in [0.1, 0.15) is 27.0 Å². The number of benzene rings is 2. The lowest BCUT2D eigenvalue weighted by molar-refractivity contribution is -0.113. The summed E-state index contributed by atoms with van der Waals surface area (Å²) in [4.78, 5) is 37.1. The zero-order chi connectivity index (χ0) is 19.9. The third-order valence-electron chi connectivity index (χ3n) is 3.78. The van der Waals surface area contributed by atoms with Gasteiger partial charge in [-0.2, -0.15) is 0 Å². The van der Waals surface area contributed by atoms with Crippen molar-refractivity contribution in [1.29, 1.82) is 0 Å². The predicted molar refractivity (Wildman–Crippen MR) is 115 cm³/mol. The highest BCUT2D eigenvalue weighted by atomic mass is 32.2. The van der Waals surface area contributed by atoms with Crippen LogP contribution in [0.2, 0.25) is 0 Å². The molecule has 0 aliphatic rings. The van der Waals surface area contributed by atoms with E-state index < -0.39 is 0 Å². The molecule has 0 saturated heterocycles.